The molecule has 9 nitrogen and oxygen atoms in total. The molecule has 192 valence electrons. The number of hydrogen-bond acceptors (Lipinski definition) is 6. The Kier molecular flexibility index (Phi) is 9.91. The Morgan fingerprint density at radius 1 is 1.31 bits per heavy atom. The first-order valence-corrected chi connectivity index (χ1v) is 13.1. The minimum Gasteiger partial charge on any atom is -0.508 e. The van der Waals surface area contributed by atoms with Crippen LogP contribution in [0.3, 0.4) is 0 Å². The summed E-state index contributed by atoms with van der Waals surface area (Å²) in [7, 11) is -4.51. The van der Waals surface area contributed by atoms with Crippen LogP contribution in [-0.4, -0.2) is 58.7 Å². The molecule has 1 fully saturated rings. The molecule has 0 aromatic carbocycles. The third-order valence-corrected chi connectivity index (χ3v) is 7.56. The average molecular weight is 527 g/mol. The van der Waals surface area contributed by atoms with Gasteiger partial charge in [-0.25, -0.2) is 12.7 Å². The summed E-state index contributed by atoms with van der Waals surface area (Å²) in [5, 5.41) is 21.5. The van der Waals surface area contributed by atoms with Gasteiger partial charge in [0.1, 0.15) is 11.8 Å². The molecular weight excluding hydrogens is 496 g/mol. The van der Waals surface area contributed by atoms with Crippen LogP contribution in [0.4, 0.5) is 0 Å². The first kappa shape index (κ1) is 28.4. The van der Waals surface area contributed by atoms with Gasteiger partial charge in [-0.1, -0.05) is 23.8 Å². The second-order valence-corrected chi connectivity index (χ2v) is 11.0. The van der Waals surface area contributed by atoms with Crippen molar-refractivity contribution >= 4 is 39.4 Å². The van der Waals surface area contributed by atoms with Crippen molar-refractivity contribution in [1.29, 1.82) is 0 Å². The normalized spacial score (nSPS) is 23.1. The fourth-order valence-corrected chi connectivity index (χ4v) is 5.61. The number of alkyl halides is 1. The van der Waals surface area contributed by atoms with Crippen LogP contribution in [0.2, 0.25) is 0 Å². The number of nitrogens with zero attached hydrogens (tertiary/aromatic N) is 1. The number of nitrogens with one attached hydrogen (secondary N) is 1. The topological polar surface area (TPSA) is 141 Å². The van der Waals surface area contributed by atoms with Gasteiger partial charge in [-0.05, 0) is 63.8 Å². The lowest BCUT2D eigenvalue weighted by atomic mass is 9.96. The van der Waals surface area contributed by atoms with E-state index in [1.165, 1.54) is 18.2 Å². The number of aliphatic hydroxyl groups excluding tert-OH is 1. The molecule has 2 amide bonds. The number of carboxylic acids is 1. The van der Waals surface area contributed by atoms with Crippen LogP contribution in [0.5, 0.6) is 0 Å². The summed E-state index contributed by atoms with van der Waals surface area (Å²) in [6, 6.07) is -1.54. The third kappa shape index (κ3) is 7.32. The lowest BCUT2D eigenvalue weighted by Gasteiger charge is -2.29. The van der Waals surface area contributed by atoms with E-state index in [1.807, 2.05) is 6.92 Å². The van der Waals surface area contributed by atoms with Crippen molar-refractivity contribution in [3.8, 4) is 0 Å². The summed E-state index contributed by atoms with van der Waals surface area (Å²) in [5.74, 6) is -4.01. The summed E-state index contributed by atoms with van der Waals surface area (Å²) in [6.45, 7) is 4.90. The highest BCUT2D eigenvalue weighted by molar-refractivity contribution is 7.93. The molecule has 3 unspecified atom stereocenters. The van der Waals surface area contributed by atoms with Crippen molar-refractivity contribution in [1.82, 2.24) is 9.62 Å². The van der Waals surface area contributed by atoms with Crippen molar-refractivity contribution in [3.05, 3.63) is 58.3 Å². The number of rotatable bonds is 9. The van der Waals surface area contributed by atoms with Gasteiger partial charge in [0.25, 0.3) is 10.0 Å². The number of aliphatic carboxylic acids is 1. The van der Waals surface area contributed by atoms with Crippen molar-refractivity contribution in [2.75, 3.05) is 6.54 Å². The molecule has 1 heterocycles. The highest BCUT2D eigenvalue weighted by Crippen LogP contribution is 2.30. The maximum absolute atomic E-state index is 13.7. The molecule has 0 radical (unpaired) electrons. The molecule has 35 heavy (non-hydrogen) atoms. The second-order valence-electron chi connectivity index (χ2n) is 8.47. The molecular formula is C24H31ClN2O7S. The van der Waals surface area contributed by atoms with Gasteiger partial charge in [-0.15, -0.1) is 11.6 Å². The fourth-order valence-electron chi connectivity index (χ4n) is 3.80. The van der Waals surface area contributed by atoms with Crippen LogP contribution in [-0.2, 0) is 24.4 Å². The van der Waals surface area contributed by atoms with E-state index in [4.69, 9.17) is 16.7 Å². The molecule has 3 N–H and O–H groups in total. The van der Waals surface area contributed by atoms with Gasteiger partial charge in [0.2, 0.25) is 11.8 Å². The molecule has 0 saturated carbocycles. The number of carboxylic acid groups (broad SMARTS) is 1. The van der Waals surface area contributed by atoms with Crippen LogP contribution in [0.25, 0.3) is 0 Å². The Morgan fingerprint density at radius 2 is 2.00 bits per heavy atom. The number of hydrogen-bond donors (Lipinski definition) is 3. The van der Waals surface area contributed by atoms with E-state index in [0.29, 0.717) is 16.3 Å². The molecule has 0 aromatic rings. The monoisotopic (exact) mass is 526 g/mol. The molecule has 11 heteroatoms. The molecule has 0 spiro atoms. The Balaban J connectivity index is 2.59. The standard InChI is InChI=1S/C24H31ClN2O7S/c1-4-21(28)17(12-16(3)25)13-18-14-26-23(31)20(10-11-22(29)30)27(24(18)32)35(33,34)19-7-5-6-15(2)8-9-19/h4-5,7-9,12,16,18,20,28H,6,10-11,13-14H2,1-3H3,(H,26,31)(H,29,30)/b17-12-,21-4+. The lowest BCUT2D eigenvalue weighted by molar-refractivity contribution is -0.139. The minimum atomic E-state index is -4.51. The van der Waals surface area contributed by atoms with E-state index in [0.717, 1.165) is 5.57 Å². The molecule has 3 atom stereocenters. The molecule has 1 saturated heterocycles. The predicted octanol–water partition coefficient (Wildman–Crippen LogP) is 3.32. The van der Waals surface area contributed by atoms with Gasteiger partial charge in [0, 0.05) is 18.3 Å². The van der Waals surface area contributed by atoms with Crippen molar-refractivity contribution < 1.29 is 33.0 Å². The Hall–Kier alpha value is -2.85. The fraction of sp³-hybridized carbons (Fsp3) is 0.458. The van der Waals surface area contributed by atoms with Gasteiger partial charge < -0.3 is 15.5 Å². The number of sulfonamides is 1. The van der Waals surface area contributed by atoms with E-state index in [-0.39, 0.29) is 30.1 Å². The number of allylic oxidation sites excluding steroid dienone is 8. The van der Waals surface area contributed by atoms with E-state index < -0.39 is 51.6 Å². The summed E-state index contributed by atoms with van der Waals surface area (Å²) in [4.78, 5) is 37.6. The van der Waals surface area contributed by atoms with Crippen molar-refractivity contribution in [2.45, 2.75) is 57.9 Å². The number of carbonyl (C=O) groups is 3. The van der Waals surface area contributed by atoms with E-state index in [1.54, 1.807) is 32.1 Å². The van der Waals surface area contributed by atoms with Crippen molar-refractivity contribution in [2.24, 2.45) is 5.92 Å². The van der Waals surface area contributed by atoms with E-state index in [9.17, 15) is 27.9 Å². The van der Waals surface area contributed by atoms with Crippen molar-refractivity contribution in [3.63, 3.8) is 0 Å². The number of halogens is 1. The summed E-state index contributed by atoms with van der Waals surface area (Å²) < 4.78 is 27.9. The summed E-state index contributed by atoms with van der Waals surface area (Å²) in [5.41, 5.74) is 1.23. The third-order valence-electron chi connectivity index (χ3n) is 5.62. The van der Waals surface area contributed by atoms with Crippen LogP contribution in [0.15, 0.2) is 58.3 Å². The maximum atomic E-state index is 13.7. The first-order valence-electron chi connectivity index (χ1n) is 11.2. The highest BCUT2D eigenvalue weighted by Gasteiger charge is 2.45. The predicted molar refractivity (Wildman–Crippen MR) is 133 cm³/mol. The zero-order valence-corrected chi connectivity index (χ0v) is 21.5. The zero-order valence-electron chi connectivity index (χ0n) is 19.9. The van der Waals surface area contributed by atoms with Crippen LogP contribution in [0.1, 0.15) is 46.5 Å². The number of aliphatic hydroxyl groups is 1. The lowest BCUT2D eigenvalue weighted by Crippen LogP contribution is -2.50. The quantitative estimate of drug-likeness (QED) is 0.238. The smallest absolute Gasteiger partial charge is 0.303 e. The molecule has 2 aliphatic rings. The average Bonchev–Trinajstić information content (AvgIpc) is 3.07. The molecule has 1 aliphatic carbocycles. The Bertz CT molecular complexity index is 1120. The SMILES string of the molecule is C/C=C(O)\C(=C/C(C)Cl)CC1CNC(=O)C(CCC(=O)O)N(S(=O)(=O)C2=CC=C(C)CC=C2)C1=O. The van der Waals surface area contributed by atoms with E-state index in [2.05, 4.69) is 5.32 Å². The Labute approximate surface area is 210 Å². The van der Waals surface area contributed by atoms with Gasteiger partial charge in [-0.3, -0.25) is 14.4 Å². The zero-order chi connectivity index (χ0) is 26.3. The molecule has 2 rings (SSSR count). The number of carbonyl (C=O) groups excluding carboxylic acids is 2. The molecule has 0 aromatic heterocycles. The van der Waals surface area contributed by atoms with Gasteiger partial charge in [0.15, 0.2) is 0 Å². The largest absolute Gasteiger partial charge is 0.508 e. The summed E-state index contributed by atoms with van der Waals surface area (Å²) >= 11 is 6.06. The van der Waals surface area contributed by atoms with Gasteiger partial charge in [0.05, 0.1) is 10.8 Å². The van der Waals surface area contributed by atoms with Crippen LogP contribution >= 0.6 is 11.6 Å². The van der Waals surface area contributed by atoms with Crippen LogP contribution < -0.4 is 5.32 Å². The minimum absolute atomic E-state index is 0.0854. The molecule has 0 bridgehead atoms. The first-order chi connectivity index (χ1) is 16.4. The highest BCUT2D eigenvalue weighted by atomic mass is 35.5. The van der Waals surface area contributed by atoms with Gasteiger partial charge in [-0.2, -0.15) is 0 Å². The van der Waals surface area contributed by atoms with Crippen LogP contribution in [0, 0.1) is 5.92 Å². The second kappa shape index (κ2) is 12.2. The molecule has 1 aliphatic heterocycles. The summed E-state index contributed by atoms with van der Waals surface area (Å²) in [6.07, 6.45) is 8.49. The Morgan fingerprint density at radius 3 is 2.60 bits per heavy atom. The van der Waals surface area contributed by atoms with Gasteiger partial charge >= 0.3 is 5.97 Å². The number of amides is 2. The maximum Gasteiger partial charge on any atom is 0.303 e. The van der Waals surface area contributed by atoms with E-state index >= 15 is 0 Å².